The Kier molecular flexibility index (Phi) is 4.28. The summed E-state index contributed by atoms with van der Waals surface area (Å²) >= 11 is 0. The van der Waals surface area contributed by atoms with Crippen LogP contribution in [0.2, 0.25) is 0 Å². The van der Waals surface area contributed by atoms with E-state index in [1.807, 2.05) is 80.7 Å². The second kappa shape index (κ2) is 6.52. The molecule has 0 unspecified atom stereocenters. The first-order valence-corrected chi connectivity index (χ1v) is 7.61. The summed E-state index contributed by atoms with van der Waals surface area (Å²) in [5, 5.41) is 8.04. The van der Waals surface area contributed by atoms with Crippen LogP contribution in [0.1, 0.15) is 11.3 Å². The van der Waals surface area contributed by atoms with Gasteiger partial charge >= 0.3 is 0 Å². The van der Waals surface area contributed by atoms with Crippen molar-refractivity contribution in [2.45, 2.75) is 13.5 Å². The van der Waals surface area contributed by atoms with E-state index < -0.39 is 0 Å². The van der Waals surface area contributed by atoms with Gasteiger partial charge < -0.3 is 10.2 Å². The Labute approximate surface area is 136 Å². The standard InChI is InChI=1S/C18H21N5/c1-14-17(13-23(21-14)16-7-5-4-6-8-16)20-12-15-11-19-10-9-18(15)22(2)3/h4-11,13,20H,12H2,1-3H3. The molecule has 0 saturated carbocycles. The van der Waals surface area contributed by atoms with E-state index in [4.69, 9.17) is 0 Å². The summed E-state index contributed by atoms with van der Waals surface area (Å²) in [5.74, 6) is 0. The van der Waals surface area contributed by atoms with Crippen molar-refractivity contribution in [2.75, 3.05) is 24.3 Å². The van der Waals surface area contributed by atoms with E-state index >= 15 is 0 Å². The van der Waals surface area contributed by atoms with Crippen LogP contribution in [0, 0.1) is 6.92 Å². The predicted octanol–water partition coefficient (Wildman–Crippen LogP) is 3.25. The van der Waals surface area contributed by atoms with Crippen molar-refractivity contribution in [3.8, 4) is 5.69 Å². The molecule has 0 aliphatic carbocycles. The molecule has 0 spiro atoms. The number of hydrogen-bond donors (Lipinski definition) is 1. The molecule has 0 aliphatic rings. The summed E-state index contributed by atoms with van der Waals surface area (Å²) in [6, 6.07) is 12.1. The third-order valence-electron chi connectivity index (χ3n) is 3.75. The Morgan fingerprint density at radius 2 is 1.91 bits per heavy atom. The number of nitrogens with zero attached hydrogens (tertiary/aromatic N) is 4. The van der Waals surface area contributed by atoms with Crippen LogP contribution in [0.3, 0.4) is 0 Å². The molecule has 2 heterocycles. The van der Waals surface area contributed by atoms with Crippen molar-refractivity contribution in [1.82, 2.24) is 14.8 Å². The van der Waals surface area contributed by atoms with Crippen LogP contribution in [0.5, 0.6) is 0 Å². The fraction of sp³-hybridized carbons (Fsp3) is 0.222. The topological polar surface area (TPSA) is 46.0 Å². The van der Waals surface area contributed by atoms with Gasteiger partial charge in [0, 0.05) is 44.3 Å². The van der Waals surface area contributed by atoms with Crippen LogP contribution < -0.4 is 10.2 Å². The lowest BCUT2D eigenvalue weighted by atomic mass is 10.2. The molecule has 118 valence electrons. The number of aryl methyl sites for hydroxylation is 1. The molecule has 5 nitrogen and oxygen atoms in total. The van der Waals surface area contributed by atoms with Crippen LogP contribution in [-0.2, 0) is 6.54 Å². The summed E-state index contributed by atoms with van der Waals surface area (Å²) in [4.78, 5) is 6.32. The van der Waals surface area contributed by atoms with Crippen LogP contribution in [0.25, 0.3) is 5.69 Å². The van der Waals surface area contributed by atoms with Crippen molar-refractivity contribution in [1.29, 1.82) is 0 Å². The molecule has 3 rings (SSSR count). The summed E-state index contributed by atoms with van der Waals surface area (Å²) < 4.78 is 1.90. The molecule has 3 aromatic rings. The molecule has 2 aromatic heterocycles. The van der Waals surface area contributed by atoms with Gasteiger partial charge in [-0.25, -0.2) is 4.68 Å². The SMILES string of the molecule is Cc1nn(-c2ccccc2)cc1NCc1cnccc1N(C)C. The second-order valence-corrected chi connectivity index (χ2v) is 5.66. The molecule has 0 bridgehead atoms. The molecule has 0 radical (unpaired) electrons. The molecule has 0 saturated heterocycles. The third kappa shape index (κ3) is 3.34. The number of aromatic nitrogens is 3. The lowest BCUT2D eigenvalue weighted by molar-refractivity contribution is 0.863. The van der Waals surface area contributed by atoms with Gasteiger partial charge in [0.15, 0.2) is 0 Å². The van der Waals surface area contributed by atoms with Gasteiger partial charge in [-0.1, -0.05) is 18.2 Å². The van der Waals surface area contributed by atoms with Crippen LogP contribution >= 0.6 is 0 Å². The summed E-state index contributed by atoms with van der Waals surface area (Å²) in [7, 11) is 4.08. The first-order valence-electron chi connectivity index (χ1n) is 7.61. The van der Waals surface area contributed by atoms with Crippen LogP contribution in [0.15, 0.2) is 55.0 Å². The average Bonchev–Trinajstić information content (AvgIpc) is 2.95. The molecule has 0 aliphatic heterocycles. The maximum atomic E-state index is 4.58. The van der Waals surface area contributed by atoms with E-state index in [1.54, 1.807) is 0 Å². The van der Waals surface area contributed by atoms with E-state index in [0.29, 0.717) is 6.54 Å². The number of rotatable bonds is 5. The average molecular weight is 307 g/mol. The molecule has 1 aromatic carbocycles. The van der Waals surface area contributed by atoms with Gasteiger partial charge in [-0.15, -0.1) is 0 Å². The summed E-state index contributed by atoms with van der Waals surface area (Å²) in [6.45, 7) is 2.72. The van der Waals surface area contributed by atoms with E-state index in [-0.39, 0.29) is 0 Å². The predicted molar refractivity (Wildman–Crippen MR) is 94.2 cm³/mol. The third-order valence-corrected chi connectivity index (χ3v) is 3.75. The second-order valence-electron chi connectivity index (χ2n) is 5.66. The fourth-order valence-electron chi connectivity index (χ4n) is 2.53. The zero-order valence-corrected chi connectivity index (χ0v) is 13.7. The smallest absolute Gasteiger partial charge is 0.0829 e. The summed E-state index contributed by atoms with van der Waals surface area (Å²) in [5.41, 5.74) is 5.38. The largest absolute Gasteiger partial charge is 0.378 e. The number of benzene rings is 1. The van der Waals surface area contributed by atoms with Crippen molar-refractivity contribution in [2.24, 2.45) is 0 Å². The maximum absolute atomic E-state index is 4.58. The number of pyridine rings is 1. The van der Waals surface area contributed by atoms with Crippen molar-refractivity contribution in [3.05, 3.63) is 66.2 Å². The molecular formula is C18H21N5. The highest BCUT2D eigenvalue weighted by molar-refractivity contribution is 5.54. The van der Waals surface area contributed by atoms with Gasteiger partial charge in [-0.3, -0.25) is 4.98 Å². The molecule has 1 N–H and O–H groups in total. The van der Waals surface area contributed by atoms with E-state index in [0.717, 1.165) is 22.6 Å². The highest BCUT2D eigenvalue weighted by Gasteiger charge is 2.08. The van der Waals surface area contributed by atoms with E-state index in [9.17, 15) is 0 Å². The zero-order chi connectivity index (χ0) is 16.2. The number of hydrogen-bond acceptors (Lipinski definition) is 4. The minimum Gasteiger partial charge on any atom is -0.378 e. The Hall–Kier alpha value is -2.82. The van der Waals surface area contributed by atoms with Gasteiger partial charge in [-0.2, -0.15) is 5.10 Å². The number of para-hydroxylation sites is 1. The Balaban J connectivity index is 1.78. The highest BCUT2D eigenvalue weighted by Crippen LogP contribution is 2.21. The number of anilines is 2. The van der Waals surface area contributed by atoms with Crippen molar-refractivity contribution >= 4 is 11.4 Å². The van der Waals surface area contributed by atoms with Gasteiger partial charge in [0.1, 0.15) is 0 Å². The zero-order valence-electron chi connectivity index (χ0n) is 13.7. The van der Waals surface area contributed by atoms with Gasteiger partial charge in [0.25, 0.3) is 0 Å². The van der Waals surface area contributed by atoms with Gasteiger partial charge in [0.2, 0.25) is 0 Å². The monoisotopic (exact) mass is 307 g/mol. The van der Waals surface area contributed by atoms with E-state index in [1.165, 1.54) is 5.69 Å². The summed E-state index contributed by atoms with van der Waals surface area (Å²) in [6.07, 6.45) is 5.74. The highest BCUT2D eigenvalue weighted by atomic mass is 15.3. The van der Waals surface area contributed by atoms with Crippen LogP contribution in [0.4, 0.5) is 11.4 Å². The molecule has 0 amide bonds. The minimum absolute atomic E-state index is 0.711. The lowest BCUT2D eigenvalue weighted by Crippen LogP contribution is -2.13. The fourth-order valence-corrected chi connectivity index (χ4v) is 2.53. The minimum atomic E-state index is 0.711. The first-order chi connectivity index (χ1) is 11.1. The Morgan fingerprint density at radius 1 is 1.13 bits per heavy atom. The van der Waals surface area contributed by atoms with Gasteiger partial charge in [0.05, 0.1) is 23.3 Å². The molecule has 0 atom stereocenters. The quantitative estimate of drug-likeness (QED) is 0.786. The first kappa shape index (κ1) is 15.1. The van der Waals surface area contributed by atoms with Gasteiger partial charge in [-0.05, 0) is 25.1 Å². The van der Waals surface area contributed by atoms with Crippen LogP contribution in [-0.4, -0.2) is 28.9 Å². The van der Waals surface area contributed by atoms with E-state index in [2.05, 4.69) is 20.3 Å². The molecular weight excluding hydrogens is 286 g/mol. The normalized spacial score (nSPS) is 10.6. The van der Waals surface area contributed by atoms with Crippen molar-refractivity contribution in [3.63, 3.8) is 0 Å². The number of nitrogens with one attached hydrogen (secondary N) is 1. The molecule has 23 heavy (non-hydrogen) atoms. The molecule has 5 heteroatoms. The Bertz CT molecular complexity index is 777. The van der Waals surface area contributed by atoms with Crippen molar-refractivity contribution < 1.29 is 0 Å². The maximum Gasteiger partial charge on any atom is 0.0829 e. The molecule has 0 fully saturated rings. The Morgan fingerprint density at radius 3 is 2.65 bits per heavy atom. The lowest BCUT2D eigenvalue weighted by Gasteiger charge is -2.17.